The maximum absolute atomic E-state index is 9.18. The molecule has 0 aliphatic carbocycles. The van der Waals surface area contributed by atoms with E-state index >= 15 is 0 Å². The zero-order valence-electron chi connectivity index (χ0n) is 12.0. The van der Waals surface area contributed by atoms with E-state index in [-0.39, 0.29) is 12.1 Å². The predicted octanol–water partition coefficient (Wildman–Crippen LogP) is 1.68. The van der Waals surface area contributed by atoms with Gasteiger partial charge in [-0.15, -0.1) is 0 Å². The first-order chi connectivity index (χ1) is 9.10. The number of rotatable bonds is 8. The van der Waals surface area contributed by atoms with Crippen molar-refractivity contribution in [2.45, 2.75) is 52.0 Å². The van der Waals surface area contributed by atoms with Crippen LogP contribution >= 0.6 is 0 Å². The zero-order valence-corrected chi connectivity index (χ0v) is 12.0. The number of hydrazine groups is 1. The van der Waals surface area contributed by atoms with Gasteiger partial charge in [0.2, 0.25) is 0 Å². The summed E-state index contributed by atoms with van der Waals surface area (Å²) in [5, 5.41) is 12.6. The molecule has 1 rings (SSSR count). The van der Waals surface area contributed by atoms with Crippen molar-refractivity contribution in [3.05, 3.63) is 11.9 Å². The second kappa shape index (κ2) is 7.25. The second-order valence-corrected chi connectivity index (χ2v) is 4.96. The summed E-state index contributed by atoms with van der Waals surface area (Å²) in [6, 6.07) is 0. The summed E-state index contributed by atoms with van der Waals surface area (Å²) in [6.45, 7) is 6.42. The van der Waals surface area contributed by atoms with Gasteiger partial charge in [0.05, 0.1) is 0 Å². The first-order valence-electron chi connectivity index (χ1n) is 6.79. The van der Waals surface area contributed by atoms with Gasteiger partial charge in [0.15, 0.2) is 0 Å². The molecule has 1 unspecified atom stereocenters. The molecule has 108 valence electrons. The first-order valence-corrected chi connectivity index (χ1v) is 6.79. The molecular formula is C13H25N5O. The van der Waals surface area contributed by atoms with Crippen molar-refractivity contribution in [1.82, 2.24) is 9.97 Å². The molecule has 0 spiro atoms. The summed E-state index contributed by atoms with van der Waals surface area (Å²) in [4.78, 5) is 8.46. The maximum atomic E-state index is 9.18. The number of aliphatic hydroxyl groups is 1. The largest absolute Gasteiger partial charge is 0.396 e. The van der Waals surface area contributed by atoms with E-state index in [2.05, 4.69) is 41.5 Å². The molecule has 0 amide bonds. The van der Waals surface area contributed by atoms with Crippen molar-refractivity contribution >= 4 is 11.6 Å². The van der Waals surface area contributed by atoms with Crippen LogP contribution in [0, 0.1) is 0 Å². The van der Waals surface area contributed by atoms with E-state index in [0.29, 0.717) is 12.2 Å². The maximum Gasteiger partial charge on any atom is 0.148 e. The van der Waals surface area contributed by atoms with Gasteiger partial charge in [0.25, 0.3) is 0 Å². The van der Waals surface area contributed by atoms with Crippen molar-refractivity contribution in [3.8, 4) is 0 Å². The van der Waals surface area contributed by atoms with Crippen LogP contribution < -0.4 is 16.6 Å². The van der Waals surface area contributed by atoms with Crippen LogP contribution in [0.3, 0.4) is 0 Å². The highest BCUT2D eigenvalue weighted by Gasteiger charge is 2.23. The molecule has 6 heteroatoms. The Kier molecular flexibility index (Phi) is 5.98. The van der Waals surface area contributed by atoms with Crippen LogP contribution in [0.4, 0.5) is 11.6 Å². The lowest BCUT2D eigenvalue weighted by Crippen LogP contribution is -2.36. The summed E-state index contributed by atoms with van der Waals surface area (Å²) >= 11 is 0. The predicted molar refractivity (Wildman–Crippen MR) is 77.9 cm³/mol. The first kappa shape index (κ1) is 15.7. The molecule has 1 aromatic rings. The summed E-state index contributed by atoms with van der Waals surface area (Å²) in [6.07, 6.45) is 4.89. The number of nitrogens with zero attached hydrogens (tertiary/aromatic N) is 2. The molecule has 0 fully saturated rings. The highest BCUT2D eigenvalue weighted by atomic mass is 16.3. The van der Waals surface area contributed by atoms with Crippen LogP contribution in [0.1, 0.15) is 45.6 Å². The van der Waals surface area contributed by atoms with Crippen molar-refractivity contribution in [2.24, 2.45) is 5.84 Å². The minimum atomic E-state index is -0.183. The molecule has 0 aliphatic heterocycles. The van der Waals surface area contributed by atoms with Gasteiger partial charge in [-0.1, -0.05) is 20.3 Å². The quantitative estimate of drug-likeness (QED) is 0.423. The van der Waals surface area contributed by atoms with Gasteiger partial charge in [0.1, 0.15) is 18.0 Å². The monoisotopic (exact) mass is 267 g/mol. The SMILES string of the molecule is CCCc1c(NN)ncnc1NC(C)(CC)CCO. The number of aliphatic hydroxyl groups excluding tert-OH is 1. The third kappa shape index (κ3) is 4.04. The van der Waals surface area contributed by atoms with Gasteiger partial charge in [-0.3, -0.25) is 0 Å². The van der Waals surface area contributed by atoms with Gasteiger partial charge in [-0.05, 0) is 26.2 Å². The molecule has 1 aromatic heterocycles. The molecule has 1 heterocycles. The van der Waals surface area contributed by atoms with E-state index in [4.69, 9.17) is 5.84 Å². The van der Waals surface area contributed by atoms with Crippen LogP contribution in [0.2, 0.25) is 0 Å². The Morgan fingerprint density at radius 1 is 1.32 bits per heavy atom. The number of aromatic nitrogens is 2. The Balaban J connectivity index is 3.05. The van der Waals surface area contributed by atoms with Crippen molar-refractivity contribution < 1.29 is 5.11 Å². The Bertz CT molecular complexity index is 399. The van der Waals surface area contributed by atoms with Crippen molar-refractivity contribution in [3.63, 3.8) is 0 Å². The number of nitrogens with two attached hydrogens (primary N) is 1. The lowest BCUT2D eigenvalue weighted by Gasteiger charge is -2.30. The average molecular weight is 267 g/mol. The Labute approximate surface area is 114 Å². The van der Waals surface area contributed by atoms with Gasteiger partial charge in [-0.25, -0.2) is 15.8 Å². The van der Waals surface area contributed by atoms with Gasteiger partial charge in [-0.2, -0.15) is 0 Å². The molecule has 0 aromatic carbocycles. The normalized spacial score (nSPS) is 13.9. The summed E-state index contributed by atoms with van der Waals surface area (Å²) in [5.74, 6) is 6.95. The van der Waals surface area contributed by atoms with Crippen LogP contribution in [0.25, 0.3) is 0 Å². The number of anilines is 2. The lowest BCUT2D eigenvalue weighted by molar-refractivity contribution is 0.251. The van der Waals surface area contributed by atoms with E-state index in [1.165, 1.54) is 6.33 Å². The number of nitrogen functional groups attached to an aromatic ring is 1. The second-order valence-electron chi connectivity index (χ2n) is 4.96. The fourth-order valence-electron chi connectivity index (χ4n) is 1.99. The Morgan fingerprint density at radius 3 is 2.53 bits per heavy atom. The Morgan fingerprint density at radius 2 is 2.00 bits per heavy atom. The highest BCUT2D eigenvalue weighted by molar-refractivity contribution is 5.57. The molecule has 0 bridgehead atoms. The van der Waals surface area contributed by atoms with Gasteiger partial charge in [0, 0.05) is 17.7 Å². The topological polar surface area (TPSA) is 96.1 Å². The number of hydrogen-bond acceptors (Lipinski definition) is 6. The third-order valence-electron chi connectivity index (χ3n) is 3.45. The van der Waals surface area contributed by atoms with E-state index in [0.717, 1.165) is 30.6 Å². The van der Waals surface area contributed by atoms with Crippen molar-refractivity contribution in [1.29, 1.82) is 0 Å². The molecule has 6 nitrogen and oxygen atoms in total. The van der Waals surface area contributed by atoms with E-state index in [1.807, 2.05) is 0 Å². The van der Waals surface area contributed by atoms with E-state index in [9.17, 15) is 5.11 Å². The molecular weight excluding hydrogens is 242 g/mol. The number of nitrogens with one attached hydrogen (secondary N) is 2. The summed E-state index contributed by atoms with van der Waals surface area (Å²) in [7, 11) is 0. The molecule has 1 atom stereocenters. The molecule has 0 radical (unpaired) electrons. The summed E-state index contributed by atoms with van der Waals surface area (Å²) in [5.41, 5.74) is 3.42. The molecule has 5 N–H and O–H groups in total. The van der Waals surface area contributed by atoms with Crippen LogP contribution in [0.15, 0.2) is 6.33 Å². The molecule has 0 saturated carbocycles. The zero-order chi connectivity index (χ0) is 14.3. The van der Waals surface area contributed by atoms with Crippen molar-refractivity contribution in [2.75, 3.05) is 17.3 Å². The van der Waals surface area contributed by atoms with Crippen LogP contribution in [0.5, 0.6) is 0 Å². The minimum Gasteiger partial charge on any atom is -0.396 e. The average Bonchev–Trinajstić information content (AvgIpc) is 2.41. The van der Waals surface area contributed by atoms with Gasteiger partial charge >= 0.3 is 0 Å². The standard InChI is InChI=1S/C13H25N5O/c1-4-6-10-11(15-9-16-12(10)18-14)17-13(3,5-2)7-8-19/h9,19H,4-8,14H2,1-3H3,(H2,15,16,17,18). The van der Waals surface area contributed by atoms with Crippen LogP contribution in [-0.4, -0.2) is 27.2 Å². The summed E-state index contributed by atoms with van der Waals surface area (Å²) < 4.78 is 0. The number of hydrogen-bond donors (Lipinski definition) is 4. The molecule has 0 saturated heterocycles. The highest BCUT2D eigenvalue weighted by Crippen LogP contribution is 2.26. The smallest absolute Gasteiger partial charge is 0.148 e. The fraction of sp³-hybridized carbons (Fsp3) is 0.692. The van der Waals surface area contributed by atoms with E-state index in [1.54, 1.807) is 0 Å². The van der Waals surface area contributed by atoms with E-state index < -0.39 is 0 Å². The molecule has 0 aliphatic rings. The fourth-order valence-corrected chi connectivity index (χ4v) is 1.99. The van der Waals surface area contributed by atoms with Crippen LogP contribution in [-0.2, 0) is 6.42 Å². The molecule has 19 heavy (non-hydrogen) atoms. The lowest BCUT2D eigenvalue weighted by atomic mass is 9.94. The minimum absolute atomic E-state index is 0.146. The Hall–Kier alpha value is -1.40. The third-order valence-corrected chi connectivity index (χ3v) is 3.45. The van der Waals surface area contributed by atoms with Gasteiger partial charge < -0.3 is 15.8 Å².